The molecular weight excluding hydrogens is 412 g/mol. The molecule has 0 atom stereocenters. The maximum atomic E-state index is 4.64. The van der Waals surface area contributed by atoms with Gasteiger partial charge in [0.05, 0.1) is 0 Å². The monoisotopic (exact) mass is 474 g/mol. The zero-order chi connectivity index (χ0) is 24.4. The maximum Gasteiger partial charge on any atom is 0.108 e. The lowest BCUT2D eigenvalue weighted by molar-refractivity contribution is 0.514. The highest BCUT2D eigenvalue weighted by Gasteiger charge is 2.03. The standard InChI is InChI=1S/C32H62N2/c1-3-5-7-9-11-13-14-15-16-17-18-19-21-23-25-27-30-34-31-29-33-32(34)28-26-24-22-20-12-10-8-6-4-2/h29,31H,3-28,30H2,1-2H3. The molecule has 1 heterocycles. The van der Waals surface area contributed by atoms with E-state index >= 15 is 0 Å². The molecule has 0 fully saturated rings. The molecule has 2 nitrogen and oxygen atoms in total. The molecular formula is C32H62N2. The molecule has 0 bridgehead atoms. The van der Waals surface area contributed by atoms with E-state index in [-0.39, 0.29) is 0 Å². The fraction of sp³-hybridized carbons (Fsp3) is 0.906. The maximum absolute atomic E-state index is 4.64. The van der Waals surface area contributed by atoms with Crippen LogP contribution in [0.3, 0.4) is 0 Å². The number of aryl methyl sites for hydroxylation is 2. The Morgan fingerprint density at radius 1 is 0.471 bits per heavy atom. The minimum absolute atomic E-state index is 1.17. The molecule has 0 spiro atoms. The third kappa shape index (κ3) is 19.5. The average molecular weight is 475 g/mol. The molecule has 0 aromatic carbocycles. The summed E-state index contributed by atoms with van der Waals surface area (Å²) in [5.74, 6) is 1.32. The molecule has 0 aliphatic rings. The molecule has 0 saturated carbocycles. The largest absolute Gasteiger partial charge is 0.335 e. The quantitative estimate of drug-likeness (QED) is 0.116. The van der Waals surface area contributed by atoms with E-state index < -0.39 is 0 Å². The Hall–Kier alpha value is -0.790. The van der Waals surface area contributed by atoms with Crippen LogP contribution in [-0.4, -0.2) is 9.55 Å². The van der Waals surface area contributed by atoms with Crippen LogP contribution in [0.15, 0.2) is 12.4 Å². The Morgan fingerprint density at radius 2 is 0.824 bits per heavy atom. The van der Waals surface area contributed by atoms with E-state index in [0.717, 1.165) is 0 Å². The van der Waals surface area contributed by atoms with E-state index in [1.165, 1.54) is 179 Å². The van der Waals surface area contributed by atoms with Crippen LogP contribution in [-0.2, 0) is 13.0 Å². The van der Waals surface area contributed by atoms with Crippen LogP contribution in [0.2, 0.25) is 0 Å². The molecule has 0 aliphatic heterocycles. The van der Waals surface area contributed by atoms with Gasteiger partial charge in [-0.15, -0.1) is 0 Å². The van der Waals surface area contributed by atoms with Crippen LogP contribution in [0.4, 0.5) is 0 Å². The van der Waals surface area contributed by atoms with Gasteiger partial charge < -0.3 is 4.57 Å². The average Bonchev–Trinajstić information content (AvgIpc) is 3.30. The van der Waals surface area contributed by atoms with Crippen LogP contribution in [0.1, 0.15) is 180 Å². The van der Waals surface area contributed by atoms with E-state index in [1.54, 1.807) is 0 Å². The number of nitrogens with zero attached hydrogens (tertiary/aromatic N) is 2. The molecule has 0 radical (unpaired) electrons. The van der Waals surface area contributed by atoms with E-state index in [2.05, 4.69) is 29.6 Å². The molecule has 1 rings (SSSR count). The summed E-state index contributed by atoms with van der Waals surface area (Å²) in [6.45, 7) is 5.77. The highest BCUT2D eigenvalue weighted by atomic mass is 15.1. The second-order valence-corrected chi connectivity index (χ2v) is 10.9. The van der Waals surface area contributed by atoms with Crippen molar-refractivity contribution >= 4 is 0 Å². The SMILES string of the molecule is CCCCCCCCCCCCCCCCCCn1ccnc1CCCCCCCCCCC. The molecule has 0 N–H and O–H groups in total. The Bertz CT molecular complexity index is 507. The highest BCUT2D eigenvalue weighted by molar-refractivity contribution is 4.92. The zero-order valence-corrected chi connectivity index (χ0v) is 23.6. The molecule has 0 saturated heterocycles. The Balaban J connectivity index is 1.85. The van der Waals surface area contributed by atoms with E-state index in [9.17, 15) is 0 Å². The first-order chi connectivity index (χ1) is 16.9. The number of unbranched alkanes of at least 4 members (excludes halogenated alkanes) is 23. The topological polar surface area (TPSA) is 17.8 Å². The number of imidazole rings is 1. The first-order valence-corrected chi connectivity index (χ1v) is 15.9. The number of hydrogen-bond donors (Lipinski definition) is 0. The third-order valence-corrected chi connectivity index (χ3v) is 7.56. The summed E-state index contributed by atoms with van der Waals surface area (Å²) in [5, 5.41) is 0. The molecule has 200 valence electrons. The van der Waals surface area contributed by atoms with Gasteiger partial charge in [0.25, 0.3) is 0 Å². The summed E-state index contributed by atoms with van der Waals surface area (Å²) in [7, 11) is 0. The van der Waals surface area contributed by atoms with Crippen molar-refractivity contribution in [3.63, 3.8) is 0 Å². The normalized spacial score (nSPS) is 11.5. The summed E-state index contributed by atoms with van der Waals surface area (Å²) >= 11 is 0. The van der Waals surface area contributed by atoms with Crippen molar-refractivity contribution in [1.82, 2.24) is 9.55 Å². The predicted molar refractivity (Wildman–Crippen MR) is 153 cm³/mol. The van der Waals surface area contributed by atoms with Crippen molar-refractivity contribution in [2.24, 2.45) is 0 Å². The van der Waals surface area contributed by atoms with Crippen molar-refractivity contribution in [2.75, 3.05) is 0 Å². The second kappa shape index (κ2) is 25.3. The molecule has 0 amide bonds. The summed E-state index contributed by atoms with van der Waals surface area (Å²) in [6.07, 6.45) is 41.0. The van der Waals surface area contributed by atoms with Crippen molar-refractivity contribution in [2.45, 2.75) is 187 Å². The van der Waals surface area contributed by atoms with Crippen LogP contribution in [0, 0.1) is 0 Å². The number of rotatable bonds is 27. The van der Waals surface area contributed by atoms with Gasteiger partial charge in [-0.2, -0.15) is 0 Å². The number of hydrogen-bond acceptors (Lipinski definition) is 1. The highest BCUT2D eigenvalue weighted by Crippen LogP contribution is 2.15. The minimum atomic E-state index is 1.17. The zero-order valence-electron chi connectivity index (χ0n) is 23.6. The Kier molecular flexibility index (Phi) is 23.3. The fourth-order valence-electron chi connectivity index (χ4n) is 5.20. The van der Waals surface area contributed by atoms with Gasteiger partial charge in [0, 0.05) is 25.4 Å². The van der Waals surface area contributed by atoms with Crippen molar-refractivity contribution in [1.29, 1.82) is 0 Å². The van der Waals surface area contributed by atoms with Crippen LogP contribution in [0.5, 0.6) is 0 Å². The van der Waals surface area contributed by atoms with Gasteiger partial charge in [-0.25, -0.2) is 4.98 Å². The third-order valence-electron chi connectivity index (χ3n) is 7.56. The molecule has 0 unspecified atom stereocenters. The summed E-state index contributed by atoms with van der Waals surface area (Å²) in [5.41, 5.74) is 0. The molecule has 34 heavy (non-hydrogen) atoms. The van der Waals surface area contributed by atoms with E-state index in [0.29, 0.717) is 0 Å². The minimum Gasteiger partial charge on any atom is -0.335 e. The van der Waals surface area contributed by atoms with E-state index in [1.807, 2.05) is 6.20 Å². The molecule has 1 aromatic rings. The van der Waals surface area contributed by atoms with Gasteiger partial charge in [-0.3, -0.25) is 0 Å². The predicted octanol–water partition coefficient (Wildman–Crippen LogP) is 11.2. The smallest absolute Gasteiger partial charge is 0.108 e. The summed E-state index contributed by atoms with van der Waals surface area (Å²) < 4.78 is 2.43. The van der Waals surface area contributed by atoms with Gasteiger partial charge in [0.15, 0.2) is 0 Å². The first-order valence-electron chi connectivity index (χ1n) is 15.9. The second-order valence-electron chi connectivity index (χ2n) is 10.9. The lowest BCUT2D eigenvalue weighted by Crippen LogP contribution is -2.03. The van der Waals surface area contributed by atoms with Gasteiger partial charge >= 0.3 is 0 Å². The van der Waals surface area contributed by atoms with Gasteiger partial charge in [0.2, 0.25) is 0 Å². The first kappa shape index (κ1) is 31.2. The fourth-order valence-corrected chi connectivity index (χ4v) is 5.20. The summed E-state index contributed by atoms with van der Waals surface area (Å²) in [4.78, 5) is 4.64. The van der Waals surface area contributed by atoms with Gasteiger partial charge in [-0.1, -0.05) is 162 Å². The van der Waals surface area contributed by atoms with Crippen molar-refractivity contribution in [3.05, 3.63) is 18.2 Å². The van der Waals surface area contributed by atoms with Crippen molar-refractivity contribution < 1.29 is 0 Å². The Morgan fingerprint density at radius 3 is 1.24 bits per heavy atom. The molecule has 2 heteroatoms. The Labute approximate surface area is 215 Å². The van der Waals surface area contributed by atoms with Crippen LogP contribution >= 0.6 is 0 Å². The summed E-state index contributed by atoms with van der Waals surface area (Å²) in [6, 6.07) is 0. The molecule has 0 aliphatic carbocycles. The van der Waals surface area contributed by atoms with Gasteiger partial charge in [-0.05, 0) is 12.8 Å². The lowest BCUT2D eigenvalue weighted by Gasteiger charge is -2.08. The number of aromatic nitrogens is 2. The lowest BCUT2D eigenvalue weighted by atomic mass is 10.0. The van der Waals surface area contributed by atoms with Crippen LogP contribution in [0.25, 0.3) is 0 Å². The van der Waals surface area contributed by atoms with Gasteiger partial charge in [0.1, 0.15) is 5.82 Å². The van der Waals surface area contributed by atoms with Crippen molar-refractivity contribution in [3.8, 4) is 0 Å². The van der Waals surface area contributed by atoms with Crippen LogP contribution < -0.4 is 0 Å². The molecule has 1 aromatic heterocycles. The van der Waals surface area contributed by atoms with E-state index in [4.69, 9.17) is 0 Å².